The SMILES string of the molecule is Cc1ccc(F)cc1C(=O)C1=COCCC1. The van der Waals surface area contributed by atoms with Crippen molar-refractivity contribution in [1.82, 2.24) is 0 Å². The molecule has 1 aliphatic rings. The van der Waals surface area contributed by atoms with E-state index in [1.54, 1.807) is 13.0 Å². The smallest absolute Gasteiger partial charge is 0.192 e. The number of carbonyl (C=O) groups excluding carboxylic acids is 1. The van der Waals surface area contributed by atoms with E-state index in [2.05, 4.69) is 0 Å². The lowest BCUT2D eigenvalue weighted by atomic mass is 9.96. The Labute approximate surface area is 93.7 Å². The molecule has 0 bridgehead atoms. The second-order valence-corrected chi connectivity index (χ2v) is 3.91. The molecule has 0 fully saturated rings. The number of benzene rings is 1. The molecule has 3 heteroatoms. The van der Waals surface area contributed by atoms with Gasteiger partial charge in [0.25, 0.3) is 0 Å². The Kier molecular flexibility index (Phi) is 3.04. The Balaban J connectivity index is 2.33. The van der Waals surface area contributed by atoms with E-state index < -0.39 is 0 Å². The van der Waals surface area contributed by atoms with Crippen molar-refractivity contribution in [1.29, 1.82) is 0 Å². The number of aryl methyl sites for hydroxylation is 1. The molecule has 0 aromatic heterocycles. The van der Waals surface area contributed by atoms with Crippen LogP contribution in [0.1, 0.15) is 28.8 Å². The summed E-state index contributed by atoms with van der Waals surface area (Å²) in [6.45, 7) is 2.45. The quantitative estimate of drug-likeness (QED) is 0.716. The van der Waals surface area contributed by atoms with Gasteiger partial charge >= 0.3 is 0 Å². The fourth-order valence-corrected chi connectivity index (χ4v) is 1.74. The molecule has 0 saturated heterocycles. The molecular weight excluding hydrogens is 207 g/mol. The van der Waals surface area contributed by atoms with Gasteiger partial charge in [0.15, 0.2) is 5.78 Å². The number of halogens is 1. The maximum Gasteiger partial charge on any atom is 0.192 e. The van der Waals surface area contributed by atoms with E-state index in [0.717, 1.165) is 12.0 Å². The van der Waals surface area contributed by atoms with E-state index in [9.17, 15) is 9.18 Å². The number of hydrogen-bond donors (Lipinski definition) is 0. The summed E-state index contributed by atoms with van der Waals surface area (Å²) in [7, 11) is 0. The zero-order valence-corrected chi connectivity index (χ0v) is 9.13. The largest absolute Gasteiger partial charge is 0.501 e. The zero-order chi connectivity index (χ0) is 11.5. The average Bonchev–Trinajstić information content (AvgIpc) is 2.32. The second kappa shape index (κ2) is 4.47. The Hall–Kier alpha value is -1.64. The van der Waals surface area contributed by atoms with E-state index in [1.807, 2.05) is 0 Å². The molecule has 2 rings (SSSR count). The Morgan fingerprint density at radius 1 is 1.44 bits per heavy atom. The van der Waals surface area contributed by atoms with Gasteiger partial charge in [-0.3, -0.25) is 4.79 Å². The van der Waals surface area contributed by atoms with Crippen molar-refractivity contribution in [2.75, 3.05) is 6.61 Å². The van der Waals surface area contributed by atoms with Gasteiger partial charge in [0.1, 0.15) is 5.82 Å². The van der Waals surface area contributed by atoms with Crippen molar-refractivity contribution in [2.24, 2.45) is 0 Å². The highest BCUT2D eigenvalue weighted by atomic mass is 19.1. The van der Waals surface area contributed by atoms with E-state index in [0.29, 0.717) is 24.2 Å². The monoisotopic (exact) mass is 220 g/mol. The maximum absolute atomic E-state index is 13.1. The predicted octanol–water partition coefficient (Wildman–Crippen LogP) is 3.01. The van der Waals surface area contributed by atoms with E-state index in [4.69, 9.17) is 4.74 Å². The molecule has 1 aliphatic heterocycles. The van der Waals surface area contributed by atoms with Crippen LogP contribution in [0.4, 0.5) is 4.39 Å². The number of carbonyl (C=O) groups is 1. The third-order valence-corrected chi connectivity index (χ3v) is 2.67. The number of ether oxygens (including phenoxy) is 1. The minimum atomic E-state index is -0.383. The zero-order valence-electron chi connectivity index (χ0n) is 9.13. The van der Waals surface area contributed by atoms with E-state index in [-0.39, 0.29) is 11.6 Å². The van der Waals surface area contributed by atoms with Gasteiger partial charge in [-0.1, -0.05) is 6.07 Å². The van der Waals surface area contributed by atoms with Crippen molar-refractivity contribution in [2.45, 2.75) is 19.8 Å². The van der Waals surface area contributed by atoms with Crippen molar-refractivity contribution < 1.29 is 13.9 Å². The van der Waals surface area contributed by atoms with Gasteiger partial charge in [-0.15, -0.1) is 0 Å². The van der Waals surface area contributed by atoms with Gasteiger partial charge in [0, 0.05) is 11.1 Å². The minimum absolute atomic E-state index is 0.128. The van der Waals surface area contributed by atoms with Crippen molar-refractivity contribution >= 4 is 5.78 Å². The van der Waals surface area contributed by atoms with Crippen LogP contribution in [0.15, 0.2) is 30.0 Å². The maximum atomic E-state index is 13.1. The molecule has 0 radical (unpaired) electrons. The highest BCUT2D eigenvalue weighted by Gasteiger charge is 2.17. The third kappa shape index (κ3) is 2.13. The van der Waals surface area contributed by atoms with Crippen molar-refractivity contribution in [3.63, 3.8) is 0 Å². The normalized spacial score (nSPS) is 15.2. The minimum Gasteiger partial charge on any atom is -0.501 e. The van der Waals surface area contributed by atoms with Crippen LogP contribution in [0.5, 0.6) is 0 Å². The molecule has 2 nitrogen and oxygen atoms in total. The first-order valence-corrected chi connectivity index (χ1v) is 5.30. The van der Waals surface area contributed by atoms with Gasteiger partial charge in [-0.05, 0) is 37.5 Å². The van der Waals surface area contributed by atoms with Gasteiger partial charge in [-0.25, -0.2) is 4.39 Å². The van der Waals surface area contributed by atoms with Crippen molar-refractivity contribution in [3.8, 4) is 0 Å². The predicted molar refractivity (Wildman–Crippen MR) is 58.7 cm³/mol. The molecule has 0 aliphatic carbocycles. The van der Waals surface area contributed by atoms with Crippen LogP contribution >= 0.6 is 0 Å². The molecule has 1 aromatic rings. The van der Waals surface area contributed by atoms with Crippen molar-refractivity contribution in [3.05, 3.63) is 47.0 Å². The van der Waals surface area contributed by atoms with Gasteiger partial charge in [-0.2, -0.15) is 0 Å². The second-order valence-electron chi connectivity index (χ2n) is 3.91. The Morgan fingerprint density at radius 2 is 2.25 bits per heavy atom. The summed E-state index contributed by atoms with van der Waals surface area (Å²) in [5, 5.41) is 0. The van der Waals surface area contributed by atoms with Crippen LogP contribution in [-0.4, -0.2) is 12.4 Å². The standard InChI is InChI=1S/C13H13FO2/c1-9-4-5-11(14)7-12(9)13(15)10-3-2-6-16-8-10/h4-5,7-8H,2-3,6H2,1H3. The average molecular weight is 220 g/mol. The van der Waals surface area contributed by atoms with E-state index >= 15 is 0 Å². The molecule has 0 amide bonds. The summed E-state index contributed by atoms with van der Waals surface area (Å²) in [6.07, 6.45) is 3.04. The first-order chi connectivity index (χ1) is 7.68. The summed E-state index contributed by atoms with van der Waals surface area (Å²) in [4.78, 5) is 12.1. The summed E-state index contributed by atoms with van der Waals surface area (Å²) >= 11 is 0. The van der Waals surface area contributed by atoms with Gasteiger partial charge in [0.05, 0.1) is 12.9 Å². The first-order valence-electron chi connectivity index (χ1n) is 5.30. The van der Waals surface area contributed by atoms with Crippen LogP contribution in [0.2, 0.25) is 0 Å². The lowest BCUT2D eigenvalue weighted by Gasteiger charge is -2.13. The molecular formula is C13H13FO2. The molecule has 1 aromatic carbocycles. The lowest BCUT2D eigenvalue weighted by molar-refractivity contribution is 0.101. The van der Waals surface area contributed by atoms with Crippen LogP contribution < -0.4 is 0 Å². The Bertz CT molecular complexity index is 449. The fourth-order valence-electron chi connectivity index (χ4n) is 1.74. The summed E-state index contributed by atoms with van der Waals surface area (Å²) < 4.78 is 18.2. The number of Topliss-reactive ketones (excluding diaryl/α,β-unsaturated/α-hetero) is 1. The fraction of sp³-hybridized carbons (Fsp3) is 0.308. The van der Waals surface area contributed by atoms with Crippen LogP contribution in [-0.2, 0) is 4.74 Å². The molecule has 0 saturated carbocycles. The number of hydrogen-bond acceptors (Lipinski definition) is 2. The molecule has 16 heavy (non-hydrogen) atoms. The summed E-state index contributed by atoms with van der Waals surface area (Å²) in [5.74, 6) is -0.511. The van der Waals surface area contributed by atoms with Crippen LogP contribution in [0.3, 0.4) is 0 Å². The lowest BCUT2D eigenvalue weighted by Crippen LogP contribution is -2.10. The highest BCUT2D eigenvalue weighted by molar-refractivity contribution is 6.09. The molecule has 0 unspecified atom stereocenters. The summed E-state index contributed by atoms with van der Waals surface area (Å²) in [6, 6.07) is 4.26. The molecule has 0 spiro atoms. The number of allylic oxidation sites excluding steroid dienone is 1. The molecule has 84 valence electrons. The Morgan fingerprint density at radius 3 is 2.94 bits per heavy atom. The highest BCUT2D eigenvalue weighted by Crippen LogP contribution is 2.20. The molecule has 0 atom stereocenters. The van der Waals surface area contributed by atoms with E-state index in [1.165, 1.54) is 18.4 Å². The molecule has 0 N–H and O–H groups in total. The van der Waals surface area contributed by atoms with Gasteiger partial charge in [0.2, 0.25) is 0 Å². The van der Waals surface area contributed by atoms with Crippen LogP contribution in [0.25, 0.3) is 0 Å². The van der Waals surface area contributed by atoms with Crippen LogP contribution in [0, 0.1) is 12.7 Å². The topological polar surface area (TPSA) is 26.3 Å². The number of ketones is 1. The first kappa shape index (κ1) is 10.9. The summed E-state index contributed by atoms with van der Waals surface area (Å²) in [5.41, 5.74) is 1.84. The number of rotatable bonds is 2. The third-order valence-electron chi connectivity index (χ3n) is 2.67. The molecule has 1 heterocycles. The van der Waals surface area contributed by atoms with Gasteiger partial charge < -0.3 is 4.74 Å².